The van der Waals surface area contributed by atoms with Crippen LogP contribution >= 0.6 is 24.0 Å². The predicted octanol–water partition coefficient (Wildman–Crippen LogP) is 2.30. The number of rotatable bonds is 7. The molecule has 1 unspecified atom stereocenters. The van der Waals surface area contributed by atoms with E-state index in [1.54, 1.807) is 0 Å². The van der Waals surface area contributed by atoms with Crippen LogP contribution in [0, 0.1) is 0 Å². The molecule has 0 aromatic rings. The molecule has 0 bridgehead atoms. The fourth-order valence-electron chi connectivity index (χ4n) is 1.45. The van der Waals surface area contributed by atoms with Gasteiger partial charge in [-0.25, -0.2) is 0 Å². The summed E-state index contributed by atoms with van der Waals surface area (Å²) in [5.74, 6) is 0.917. The van der Waals surface area contributed by atoms with Gasteiger partial charge in [-0.05, 0) is 41.2 Å². The molecule has 0 aliphatic heterocycles. The van der Waals surface area contributed by atoms with Crippen LogP contribution in [0.5, 0.6) is 0 Å². The van der Waals surface area contributed by atoms with Crippen molar-refractivity contribution in [1.82, 2.24) is 15.5 Å². The Morgan fingerprint density at radius 2 is 1.83 bits per heavy atom. The molecule has 0 fully saturated rings. The minimum atomic E-state index is 0. The average Bonchev–Trinajstić information content (AvgIpc) is 2.27. The van der Waals surface area contributed by atoms with Crippen LogP contribution in [0.15, 0.2) is 4.99 Å². The number of guanidine groups is 1. The Morgan fingerprint density at radius 3 is 2.28 bits per heavy atom. The fourth-order valence-corrected chi connectivity index (χ4v) is 1.45. The van der Waals surface area contributed by atoms with Crippen LogP contribution in [0.1, 0.15) is 41.0 Å². The number of hydrogen-bond acceptors (Lipinski definition) is 2. The lowest BCUT2D eigenvalue weighted by atomic mass is 10.2. The maximum Gasteiger partial charge on any atom is 0.191 e. The summed E-state index contributed by atoms with van der Waals surface area (Å²) in [5.41, 5.74) is 0. The van der Waals surface area contributed by atoms with Crippen LogP contribution in [0.25, 0.3) is 0 Å². The number of nitrogens with zero attached hydrogens (tertiary/aromatic N) is 2. The number of hydrogen-bond donors (Lipinski definition) is 2. The van der Waals surface area contributed by atoms with Crippen molar-refractivity contribution >= 4 is 29.9 Å². The Balaban J connectivity index is 0. The van der Waals surface area contributed by atoms with E-state index in [0.717, 1.165) is 25.6 Å². The third kappa shape index (κ3) is 9.94. The van der Waals surface area contributed by atoms with E-state index in [2.05, 4.69) is 62.2 Å². The Bertz CT molecular complexity index is 219. The summed E-state index contributed by atoms with van der Waals surface area (Å²) in [4.78, 5) is 6.91. The lowest BCUT2D eigenvalue weighted by molar-refractivity contribution is 0.259. The molecule has 0 aromatic carbocycles. The van der Waals surface area contributed by atoms with Crippen molar-refractivity contribution in [3.63, 3.8) is 0 Å². The van der Waals surface area contributed by atoms with E-state index in [1.807, 2.05) is 0 Å². The predicted molar refractivity (Wildman–Crippen MR) is 92.0 cm³/mol. The smallest absolute Gasteiger partial charge is 0.191 e. The van der Waals surface area contributed by atoms with Crippen LogP contribution in [0.2, 0.25) is 0 Å². The second-order valence-electron chi connectivity index (χ2n) is 4.80. The highest BCUT2D eigenvalue weighted by Crippen LogP contribution is 1.98. The van der Waals surface area contributed by atoms with Gasteiger partial charge in [0.1, 0.15) is 0 Å². The molecule has 4 nitrogen and oxygen atoms in total. The molecular formula is C13H31IN4. The molecule has 1 atom stereocenters. The van der Waals surface area contributed by atoms with Gasteiger partial charge in [0.15, 0.2) is 5.96 Å². The molecule has 0 saturated carbocycles. The van der Waals surface area contributed by atoms with Gasteiger partial charge in [0.2, 0.25) is 0 Å². The molecule has 0 rings (SSSR count). The summed E-state index contributed by atoms with van der Waals surface area (Å²) in [5, 5.41) is 6.57. The van der Waals surface area contributed by atoms with Gasteiger partial charge in [-0.1, -0.05) is 6.92 Å². The summed E-state index contributed by atoms with van der Waals surface area (Å²) in [6.45, 7) is 13.5. The molecule has 0 heterocycles. The second-order valence-corrected chi connectivity index (χ2v) is 4.80. The van der Waals surface area contributed by atoms with Crippen LogP contribution < -0.4 is 10.6 Å². The number of aliphatic imine (C=N–C) groups is 1. The van der Waals surface area contributed by atoms with Crippen molar-refractivity contribution < 1.29 is 0 Å². The van der Waals surface area contributed by atoms with Crippen molar-refractivity contribution in [1.29, 1.82) is 0 Å². The third-order valence-corrected chi connectivity index (χ3v) is 2.84. The standard InChI is InChI=1S/C13H30N4.HI/c1-7-12(5)17(6)10-9-15-13(14-8-2)16-11(3)4;/h11-12H,7-10H2,1-6H3,(H2,14,15,16);1H. The topological polar surface area (TPSA) is 39.7 Å². The molecule has 0 amide bonds. The molecule has 2 N–H and O–H groups in total. The highest BCUT2D eigenvalue weighted by Gasteiger charge is 2.05. The maximum atomic E-state index is 4.56. The first kappa shape index (κ1) is 20.3. The van der Waals surface area contributed by atoms with Crippen molar-refractivity contribution in [2.24, 2.45) is 4.99 Å². The molecule has 0 radical (unpaired) electrons. The van der Waals surface area contributed by atoms with Gasteiger partial charge in [-0.15, -0.1) is 24.0 Å². The second kappa shape index (κ2) is 12.0. The first-order valence-corrected chi connectivity index (χ1v) is 6.76. The van der Waals surface area contributed by atoms with E-state index in [1.165, 1.54) is 6.42 Å². The van der Waals surface area contributed by atoms with Gasteiger partial charge in [0.25, 0.3) is 0 Å². The van der Waals surface area contributed by atoms with Crippen LogP contribution in [-0.2, 0) is 0 Å². The van der Waals surface area contributed by atoms with Gasteiger partial charge in [-0.2, -0.15) is 0 Å². The SMILES string of the molecule is CCNC(=NCCN(C)C(C)CC)NC(C)C.I. The Morgan fingerprint density at radius 1 is 1.22 bits per heavy atom. The van der Waals surface area contributed by atoms with Crippen molar-refractivity contribution in [3.05, 3.63) is 0 Å². The summed E-state index contributed by atoms with van der Waals surface area (Å²) >= 11 is 0. The molecule has 0 saturated heterocycles. The molecule has 110 valence electrons. The van der Waals surface area contributed by atoms with Gasteiger partial charge in [0.05, 0.1) is 6.54 Å². The zero-order valence-corrected chi connectivity index (χ0v) is 15.1. The summed E-state index contributed by atoms with van der Waals surface area (Å²) < 4.78 is 0. The van der Waals surface area contributed by atoms with Gasteiger partial charge in [0, 0.05) is 25.2 Å². The van der Waals surface area contributed by atoms with E-state index in [9.17, 15) is 0 Å². The van der Waals surface area contributed by atoms with E-state index in [0.29, 0.717) is 12.1 Å². The van der Waals surface area contributed by atoms with E-state index >= 15 is 0 Å². The Kier molecular flexibility index (Phi) is 13.5. The number of halogens is 1. The molecule has 0 aliphatic carbocycles. The fraction of sp³-hybridized carbons (Fsp3) is 0.923. The molecule has 0 aromatic heterocycles. The molecule has 18 heavy (non-hydrogen) atoms. The molecular weight excluding hydrogens is 339 g/mol. The van der Waals surface area contributed by atoms with Crippen LogP contribution in [0.4, 0.5) is 0 Å². The average molecular weight is 370 g/mol. The van der Waals surface area contributed by atoms with Crippen molar-refractivity contribution in [3.8, 4) is 0 Å². The highest BCUT2D eigenvalue weighted by molar-refractivity contribution is 14.0. The monoisotopic (exact) mass is 370 g/mol. The maximum absolute atomic E-state index is 4.56. The molecule has 5 heteroatoms. The van der Waals surface area contributed by atoms with Crippen molar-refractivity contribution in [2.75, 3.05) is 26.7 Å². The summed E-state index contributed by atoms with van der Waals surface area (Å²) in [7, 11) is 2.16. The Labute approximate surface area is 130 Å². The Hall–Kier alpha value is -0.0400. The van der Waals surface area contributed by atoms with Gasteiger partial charge >= 0.3 is 0 Å². The molecule has 0 aliphatic rings. The van der Waals surface area contributed by atoms with E-state index in [-0.39, 0.29) is 24.0 Å². The van der Waals surface area contributed by atoms with Crippen molar-refractivity contribution in [2.45, 2.75) is 53.1 Å². The minimum absolute atomic E-state index is 0. The first-order chi connectivity index (χ1) is 8.01. The lowest BCUT2D eigenvalue weighted by Gasteiger charge is -2.22. The van der Waals surface area contributed by atoms with E-state index in [4.69, 9.17) is 0 Å². The zero-order valence-electron chi connectivity index (χ0n) is 12.8. The minimum Gasteiger partial charge on any atom is -0.357 e. The summed E-state index contributed by atoms with van der Waals surface area (Å²) in [6, 6.07) is 1.05. The van der Waals surface area contributed by atoms with E-state index < -0.39 is 0 Å². The number of nitrogens with one attached hydrogen (secondary N) is 2. The first-order valence-electron chi connectivity index (χ1n) is 6.76. The number of likely N-dealkylation sites (N-methyl/N-ethyl adjacent to an activating group) is 1. The zero-order chi connectivity index (χ0) is 13.3. The van der Waals surface area contributed by atoms with Gasteiger partial charge < -0.3 is 15.5 Å². The quantitative estimate of drug-likeness (QED) is 0.411. The molecule has 0 spiro atoms. The lowest BCUT2D eigenvalue weighted by Crippen LogP contribution is -2.41. The van der Waals surface area contributed by atoms with Crippen LogP contribution in [-0.4, -0.2) is 49.6 Å². The van der Waals surface area contributed by atoms with Gasteiger partial charge in [-0.3, -0.25) is 4.99 Å². The van der Waals surface area contributed by atoms with Crippen LogP contribution in [0.3, 0.4) is 0 Å². The normalized spacial score (nSPS) is 13.4. The third-order valence-electron chi connectivity index (χ3n) is 2.84. The highest BCUT2D eigenvalue weighted by atomic mass is 127. The largest absolute Gasteiger partial charge is 0.357 e. The summed E-state index contributed by atoms with van der Waals surface area (Å²) in [6.07, 6.45) is 1.19.